The summed E-state index contributed by atoms with van der Waals surface area (Å²) in [6, 6.07) is 0. The lowest BCUT2D eigenvalue weighted by Crippen LogP contribution is -2.46. The minimum Gasteiger partial charge on any atom is -0.377 e. The first-order valence-corrected chi connectivity index (χ1v) is 8.01. The summed E-state index contributed by atoms with van der Waals surface area (Å²) in [4.78, 5) is 0. The van der Waals surface area contributed by atoms with Gasteiger partial charge in [-0.15, -0.1) is 0 Å². The molecule has 0 radical (unpaired) electrons. The van der Waals surface area contributed by atoms with Crippen LogP contribution in [-0.4, -0.2) is 12.7 Å². The summed E-state index contributed by atoms with van der Waals surface area (Å²) in [5, 5.41) is 0. The maximum atomic E-state index is 6.36. The number of rotatable bonds is 1. The van der Waals surface area contributed by atoms with Crippen molar-refractivity contribution >= 4 is 0 Å². The molecule has 3 aliphatic rings. The molecule has 3 rings (SSSR count). The molecule has 0 amide bonds. The summed E-state index contributed by atoms with van der Waals surface area (Å²) < 4.78 is 6.36. The third-order valence-electron chi connectivity index (χ3n) is 5.85. The lowest BCUT2D eigenvalue weighted by molar-refractivity contribution is -0.0982. The standard InChI is InChI=1S/C18H28O/c1-11-5-6-16(13(3)7-11)18-17-9-15(10-19-18)12(2)8-14(17)4/h5,8,12-13,15-18H,6-7,9-10H2,1-4H3/t12-,13+,15-,16+,17+,18-/m0/s1. The van der Waals surface area contributed by atoms with E-state index in [2.05, 4.69) is 39.8 Å². The van der Waals surface area contributed by atoms with Crippen LogP contribution in [0.3, 0.4) is 0 Å². The van der Waals surface area contributed by atoms with Gasteiger partial charge >= 0.3 is 0 Å². The Morgan fingerprint density at radius 3 is 2.74 bits per heavy atom. The molecule has 1 saturated heterocycles. The lowest BCUT2D eigenvalue weighted by atomic mass is 9.66. The van der Waals surface area contributed by atoms with E-state index < -0.39 is 0 Å². The molecule has 0 spiro atoms. The Bertz CT molecular complexity index is 406. The van der Waals surface area contributed by atoms with Crippen LogP contribution in [0.4, 0.5) is 0 Å². The van der Waals surface area contributed by atoms with Crippen molar-refractivity contribution in [1.82, 2.24) is 0 Å². The van der Waals surface area contributed by atoms with E-state index in [-0.39, 0.29) is 0 Å². The van der Waals surface area contributed by atoms with Gasteiger partial charge in [0.1, 0.15) is 0 Å². The number of fused-ring (bicyclic) bond motifs is 2. The van der Waals surface area contributed by atoms with Crippen LogP contribution in [0.5, 0.6) is 0 Å². The van der Waals surface area contributed by atoms with Gasteiger partial charge < -0.3 is 4.74 Å². The van der Waals surface area contributed by atoms with Crippen molar-refractivity contribution in [2.45, 2.75) is 53.1 Å². The smallest absolute Gasteiger partial charge is 0.0674 e. The first-order valence-electron chi connectivity index (χ1n) is 8.01. The summed E-state index contributed by atoms with van der Waals surface area (Å²) in [7, 11) is 0. The van der Waals surface area contributed by atoms with Gasteiger partial charge in [-0.1, -0.05) is 37.1 Å². The molecule has 1 fully saturated rings. The van der Waals surface area contributed by atoms with E-state index in [0.29, 0.717) is 17.9 Å². The molecule has 2 bridgehead atoms. The second-order valence-corrected chi connectivity index (χ2v) is 7.30. The quantitative estimate of drug-likeness (QED) is 0.626. The molecule has 0 saturated carbocycles. The average molecular weight is 260 g/mol. The second kappa shape index (κ2) is 5.09. The van der Waals surface area contributed by atoms with Crippen LogP contribution in [0, 0.1) is 29.6 Å². The predicted molar refractivity (Wildman–Crippen MR) is 79.9 cm³/mol. The molecular weight excluding hydrogens is 232 g/mol. The minimum absolute atomic E-state index is 0.472. The molecule has 0 aromatic carbocycles. The van der Waals surface area contributed by atoms with Gasteiger partial charge in [-0.25, -0.2) is 0 Å². The highest BCUT2D eigenvalue weighted by Gasteiger charge is 2.42. The highest BCUT2D eigenvalue weighted by molar-refractivity contribution is 5.17. The van der Waals surface area contributed by atoms with Gasteiger partial charge in [-0.3, -0.25) is 0 Å². The summed E-state index contributed by atoms with van der Waals surface area (Å²) in [5.41, 5.74) is 3.16. The lowest BCUT2D eigenvalue weighted by Gasteiger charge is -2.47. The zero-order valence-electron chi connectivity index (χ0n) is 12.9. The van der Waals surface area contributed by atoms with Crippen LogP contribution >= 0.6 is 0 Å². The van der Waals surface area contributed by atoms with Crippen molar-refractivity contribution in [2.75, 3.05) is 6.61 Å². The van der Waals surface area contributed by atoms with E-state index in [1.54, 1.807) is 11.1 Å². The van der Waals surface area contributed by atoms with E-state index in [1.807, 2.05) is 0 Å². The SMILES string of the molecule is CC1=CC[C@@H]([C@@H]2OC[C@@H]3C[C@@H]2C(C)=C[C@@H]3C)[C@H](C)C1. The normalized spacial score (nSPS) is 46.5. The minimum atomic E-state index is 0.472. The van der Waals surface area contributed by atoms with Gasteiger partial charge in [0, 0.05) is 5.92 Å². The third kappa shape index (κ3) is 2.42. The van der Waals surface area contributed by atoms with Crippen molar-refractivity contribution in [1.29, 1.82) is 0 Å². The summed E-state index contributed by atoms with van der Waals surface area (Å²) in [6.45, 7) is 10.4. The zero-order chi connectivity index (χ0) is 13.6. The Hall–Kier alpha value is -0.560. The molecule has 0 N–H and O–H groups in total. The van der Waals surface area contributed by atoms with Crippen molar-refractivity contribution in [3.63, 3.8) is 0 Å². The van der Waals surface area contributed by atoms with Gasteiger partial charge in [0.15, 0.2) is 0 Å². The molecular formula is C18H28O. The first-order chi connectivity index (χ1) is 9.06. The molecule has 19 heavy (non-hydrogen) atoms. The molecule has 1 heteroatoms. The fourth-order valence-corrected chi connectivity index (χ4v) is 4.56. The van der Waals surface area contributed by atoms with Gasteiger partial charge in [0.05, 0.1) is 12.7 Å². The van der Waals surface area contributed by atoms with E-state index in [0.717, 1.165) is 24.4 Å². The number of hydrogen-bond acceptors (Lipinski definition) is 1. The molecule has 6 atom stereocenters. The van der Waals surface area contributed by atoms with Crippen molar-refractivity contribution < 1.29 is 4.74 Å². The molecule has 106 valence electrons. The van der Waals surface area contributed by atoms with Gasteiger partial charge in [-0.2, -0.15) is 0 Å². The van der Waals surface area contributed by atoms with E-state index in [4.69, 9.17) is 4.74 Å². The third-order valence-corrected chi connectivity index (χ3v) is 5.85. The molecule has 0 unspecified atom stereocenters. The van der Waals surface area contributed by atoms with Crippen molar-refractivity contribution in [2.24, 2.45) is 29.6 Å². The highest BCUT2D eigenvalue weighted by Crippen LogP contribution is 2.45. The van der Waals surface area contributed by atoms with E-state index >= 15 is 0 Å². The van der Waals surface area contributed by atoms with Crippen molar-refractivity contribution in [3.8, 4) is 0 Å². The molecule has 1 aliphatic heterocycles. The largest absolute Gasteiger partial charge is 0.377 e. The number of allylic oxidation sites excluding steroid dienone is 3. The van der Waals surface area contributed by atoms with Crippen LogP contribution in [0.2, 0.25) is 0 Å². The summed E-state index contributed by atoms with van der Waals surface area (Å²) in [5.74, 6) is 3.67. The Labute approximate surface area is 118 Å². The second-order valence-electron chi connectivity index (χ2n) is 7.30. The fourth-order valence-electron chi connectivity index (χ4n) is 4.56. The van der Waals surface area contributed by atoms with E-state index in [9.17, 15) is 0 Å². The number of ether oxygens (including phenoxy) is 1. The van der Waals surface area contributed by atoms with Gasteiger partial charge in [0.2, 0.25) is 0 Å². The fraction of sp³-hybridized carbons (Fsp3) is 0.778. The van der Waals surface area contributed by atoms with Gasteiger partial charge in [0.25, 0.3) is 0 Å². The van der Waals surface area contributed by atoms with Crippen LogP contribution in [0.25, 0.3) is 0 Å². The van der Waals surface area contributed by atoms with Crippen LogP contribution in [-0.2, 0) is 4.74 Å². The summed E-state index contributed by atoms with van der Waals surface area (Å²) in [6.07, 6.45) is 9.29. The molecule has 2 aliphatic carbocycles. The number of hydrogen-bond donors (Lipinski definition) is 0. The molecule has 0 aromatic rings. The summed E-state index contributed by atoms with van der Waals surface area (Å²) >= 11 is 0. The molecule has 0 aromatic heterocycles. The maximum absolute atomic E-state index is 6.36. The first kappa shape index (κ1) is 13.4. The molecule has 1 nitrogen and oxygen atoms in total. The Balaban J connectivity index is 1.81. The van der Waals surface area contributed by atoms with Crippen LogP contribution < -0.4 is 0 Å². The average Bonchev–Trinajstić information content (AvgIpc) is 2.37. The monoisotopic (exact) mass is 260 g/mol. The highest BCUT2D eigenvalue weighted by atomic mass is 16.5. The van der Waals surface area contributed by atoms with Crippen LogP contribution in [0.15, 0.2) is 23.3 Å². The maximum Gasteiger partial charge on any atom is 0.0674 e. The zero-order valence-corrected chi connectivity index (χ0v) is 12.9. The Morgan fingerprint density at radius 2 is 2.00 bits per heavy atom. The van der Waals surface area contributed by atoms with Crippen molar-refractivity contribution in [3.05, 3.63) is 23.3 Å². The Kier molecular flexibility index (Phi) is 3.59. The molecule has 1 heterocycles. The van der Waals surface area contributed by atoms with Crippen LogP contribution in [0.1, 0.15) is 47.0 Å². The van der Waals surface area contributed by atoms with E-state index in [1.165, 1.54) is 19.3 Å². The predicted octanol–water partition coefficient (Wildman–Crippen LogP) is 4.60. The topological polar surface area (TPSA) is 9.23 Å². The van der Waals surface area contributed by atoms with Gasteiger partial charge in [-0.05, 0) is 56.8 Å². The Morgan fingerprint density at radius 1 is 1.21 bits per heavy atom.